The number of rotatable bonds is 4. The minimum atomic E-state index is -4.80. The molecule has 25 heavy (non-hydrogen) atoms. The van der Waals surface area contributed by atoms with Gasteiger partial charge < -0.3 is 14.3 Å². The molecule has 0 saturated carbocycles. The fourth-order valence-corrected chi connectivity index (χ4v) is 2.32. The summed E-state index contributed by atoms with van der Waals surface area (Å²) in [5.74, 6) is -0.302. The van der Waals surface area contributed by atoms with Gasteiger partial charge in [0.1, 0.15) is 23.2 Å². The molecule has 6 nitrogen and oxygen atoms in total. The highest BCUT2D eigenvalue weighted by molar-refractivity contribution is 5.80. The van der Waals surface area contributed by atoms with Crippen LogP contribution in [0.5, 0.6) is 5.75 Å². The van der Waals surface area contributed by atoms with E-state index in [9.17, 15) is 28.4 Å². The molecule has 0 unspecified atom stereocenters. The summed E-state index contributed by atoms with van der Waals surface area (Å²) in [5.41, 5.74) is 0.503. The maximum atomic E-state index is 12.1. The Morgan fingerprint density at radius 2 is 1.80 bits per heavy atom. The topological polar surface area (TPSA) is 85.7 Å². The van der Waals surface area contributed by atoms with Crippen LogP contribution in [0.15, 0.2) is 52.9 Å². The van der Waals surface area contributed by atoms with E-state index in [-0.39, 0.29) is 17.0 Å². The smallest absolute Gasteiger partial charge is 0.458 e. The van der Waals surface area contributed by atoms with Gasteiger partial charge >= 0.3 is 6.36 Å². The Hall–Kier alpha value is -3.07. The summed E-state index contributed by atoms with van der Waals surface area (Å²) in [4.78, 5) is 10.2. The molecular weight excluding hydrogens is 343 g/mol. The van der Waals surface area contributed by atoms with Crippen LogP contribution in [0.3, 0.4) is 0 Å². The standard InChI is InChI=1S/C16H10F3NO5/c17-16(18,19)25-12-4-1-9(2-5-12)15(21)14-8-10-7-11(20(22)23)3-6-13(10)24-14/h1-8,15,21H/t15-/m0/s1. The van der Waals surface area contributed by atoms with Gasteiger partial charge in [0.05, 0.1) is 4.92 Å². The van der Waals surface area contributed by atoms with Crippen LogP contribution >= 0.6 is 0 Å². The van der Waals surface area contributed by atoms with Gasteiger partial charge in [0.25, 0.3) is 5.69 Å². The Morgan fingerprint density at radius 1 is 1.12 bits per heavy atom. The Morgan fingerprint density at radius 3 is 2.40 bits per heavy atom. The first kappa shape index (κ1) is 16.8. The van der Waals surface area contributed by atoms with Crippen molar-refractivity contribution in [3.8, 4) is 5.75 Å². The first-order valence-electron chi connectivity index (χ1n) is 6.94. The van der Waals surface area contributed by atoms with Crippen LogP contribution in [0.1, 0.15) is 17.4 Å². The van der Waals surface area contributed by atoms with Crippen molar-refractivity contribution in [2.75, 3.05) is 0 Å². The van der Waals surface area contributed by atoms with Gasteiger partial charge in [0.15, 0.2) is 0 Å². The second-order valence-corrected chi connectivity index (χ2v) is 5.15. The number of halogens is 3. The van der Waals surface area contributed by atoms with Crippen molar-refractivity contribution in [2.24, 2.45) is 0 Å². The van der Waals surface area contributed by atoms with E-state index in [1.54, 1.807) is 0 Å². The lowest BCUT2D eigenvalue weighted by Crippen LogP contribution is -2.17. The van der Waals surface area contributed by atoms with E-state index >= 15 is 0 Å². The van der Waals surface area contributed by atoms with Crippen LogP contribution in [-0.2, 0) is 0 Å². The predicted octanol–water partition coefficient (Wildman–Crippen LogP) is 4.32. The molecule has 1 N–H and O–H groups in total. The molecule has 0 amide bonds. The van der Waals surface area contributed by atoms with Crippen LogP contribution in [0.4, 0.5) is 18.9 Å². The fraction of sp³-hybridized carbons (Fsp3) is 0.125. The van der Waals surface area contributed by atoms with Gasteiger partial charge in [-0.3, -0.25) is 10.1 Å². The van der Waals surface area contributed by atoms with Gasteiger partial charge in [-0.2, -0.15) is 0 Å². The van der Waals surface area contributed by atoms with Crippen LogP contribution in [0.2, 0.25) is 0 Å². The summed E-state index contributed by atoms with van der Waals surface area (Å²) in [6.07, 6.45) is -6.04. The van der Waals surface area contributed by atoms with Crippen molar-refractivity contribution >= 4 is 16.7 Å². The van der Waals surface area contributed by atoms with Gasteiger partial charge in [-0.25, -0.2) is 0 Å². The third kappa shape index (κ3) is 3.72. The molecular formula is C16H10F3NO5. The van der Waals surface area contributed by atoms with E-state index in [0.717, 1.165) is 12.1 Å². The molecule has 130 valence electrons. The average molecular weight is 353 g/mol. The van der Waals surface area contributed by atoms with E-state index in [0.29, 0.717) is 11.0 Å². The summed E-state index contributed by atoms with van der Waals surface area (Å²) in [6.45, 7) is 0. The Balaban J connectivity index is 1.86. The lowest BCUT2D eigenvalue weighted by molar-refractivity contribution is -0.384. The number of nitro benzene ring substituents is 1. The van der Waals surface area contributed by atoms with Crippen molar-refractivity contribution < 1.29 is 32.4 Å². The molecule has 0 aliphatic rings. The van der Waals surface area contributed by atoms with Crippen molar-refractivity contribution in [1.82, 2.24) is 0 Å². The number of benzene rings is 2. The summed E-state index contributed by atoms with van der Waals surface area (Å²) in [7, 11) is 0. The molecule has 2 aromatic carbocycles. The second kappa shape index (κ2) is 6.10. The van der Waals surface area contributed by atoms with Gasteiger partial charge in [0.2, 0.25) is 0 Å². The zero-order valence-electron chi connectivity index (χ0n) is 12.4. The molecule has 0 aliphatic heterocycles. The number of aliphatic hydroxyl groups is 1. The zero-order valence-corrected chi connectivity index (χ0v) is 12.4. The SMILES string of the molecule is O=[N+]([O-])c1ccc2oc([C@@H](O)c3ccc(OC(F)(F)F)cc3)cc2c1. The third-order valence-corrected chi connectivity index (χ3v) is 3.43. The summed E-state index contributed by atoms with van der Waals surface area (Å²) >= 11 is 0. The monoisotopic (exact) mass is 353 g/mol. The van der Waals surface area contributed by atoms with E-state index < -0.39 is 23.1 Å². The number of hydrogen-bond acceptors (Lipinski definition) is 5. The number of ether oxygens (including phenoxy) is 1. The van der Waals surface area contributed by atoms with E-state index in [1.165, 1.54) is 36.4 Å². The first-order valence-corrected chi connectivity index (χ1v) is 6.94. The van der Waals surface area contributed by atoms with Crippen LogP contribution < -0.4 is 4.74 Å². The van der Waals surface area contributed by atoms with Gasteiger partial charge in [-0.1, -0.05) is 12.1 Å². The molecule has 0 spiro atoms. The summed E-state index contributed by atoms with van der Waals surface area (Å²) in [6, 6.07) is 10.1. The molecule has 0 aliphatic carbocycles. The number of nitro groups is 1. The minimum absolute atomic E-state index is 0.111. The van der Waals surface area contributed by atoms with E-state index in [2.05, 4.69) is 4.74 Å². The molecule has 1 aromatic heterocycles. The van der Waals surface area contributed by atoms with Gasteiger partial charge in [-0.05, 0) is 29.8 Å². The molecule has 0 saturated heterocycles. The molecule has 3 aromatic rings. The summed E-state index contributed by atoms with van der Waals surface area (Å²) in [5, 5.41) is 21.5. The highest BCUT2D eigenvalue weighted by Crippen LogP contribution is 2.31. The average Bonchev–Trinajstić information content (AvgIpc) is 2.96. The van der Waals surface area contributed by atoms with Crippen molar-refractivity contribution in [1.29, 1.82) is 0 Å². The van der Waals surface area contributed by atoms with Crippen LogP contribution in [0.25, 0.3) is 11.0 Å². The Labute approximate surface area is 138 Å². The molecule has 3 rings (SSSR count). The first-order chi connectivity index (χ1) is 11.7. The lowest BCUT2D eigenvalue weighted by atomic mass is 10.1. The number of nitrogens with zero attached hydrogens (tertiary/aromatic N) is 1. The lowest BCUT2D eigenvalue weighted by Gasteiger charge is -2.11. The second-order valence-electron chi connectivity index (χ2n) is 5.15. The van der Waals surface area contributed by atoms with Gasteiger partial charge in [-0.15, -0.1) is 13.2 Å². The normalized spacial score (nSPS) is 13.0. The molecule has 0 bridgehead atoms. The number of non-ortho nitro benzene ring substituents is 1. The molecule has 0 fully saturated rings. The maximum absolute atomic E-state index is 12.1. The quantitative estimate of drug-likeness (QED) is 0.558. The Kier molecular flexibility index (Phi) is 4.09. The molecule has 1 atom stereocenters. The highest BCUT2D eigenvalue weighted by atomic mass is 19.4. The van der Waals surface area contributed by atoms with Crippen molar-refractivity contribution in [2.45, 2.75) is 12.5 Å². The molecule has 0 radical (unpaired) electrons. The third-order valence-electron chi connectivity index (χ3n) is 3.43. The van der Waals surface area contributed by atoms with Crippen molar-refractivity contribution in [3.05, 3.63) is 70.0 Å². The number of furan rings is 1. The molecule has 1 heterocycles. The van der Waals surface area contributed by atoms with Crippen molar-refractivity contribution in [3.63, 3.8) is 0 Å². The zero-order chi connectivity index (χ0) is 18.2. The number of alkyl halides is 3. The largest absolute Gasteiger partial charge is 0.573 e. The van der Waals surface area contributed by atoms with Crippen LogP contribution in [0, 0.1) is 10.1 Å². The number of fused-ring (bicyclic) bond motifs is 1. The van der Waals surface area contributed by atoms with Crippen LogP contribution in [-0.4, -0.2) is 16.4 Å². The number of aliphatic hydroxyl groups excluding tert-OH is 1. The highest BCUT2D eigenvalue weighted by Gasteiger charge is 2.31. The Bertz CT molecular complexity index is 918. The fourth-order valence-electron chi connectivity index (χ4n) is 2.32. The maximum Gasteiger partial charge on any atom is 0.573 e. The van der Waals surface area contributed by atoms with E-state index in [1.807, 2.05) is 0 Å². The van der Waals surface area contributed by atoms with Gasteiger partial charge in [0, 0.05) is 17.5 Å². The summed E-state index contributed by atoms with van der Waals surface area (Å²) < 4.78 is 45.6. The predicted molar refractivity (Wildman–Crippen MR) is 80.1 cm³/mol. The number of hydrogen-bond donors (Lipinski definition) is 1. The minimum Gasteiger partial charge on any atom is -0.458 e. The van der Waals surface area contributed by atoms with E-state index in [4.69, 9.17) is 4.42 Å². The molecule has 9 heteroatoms.